The Labute approximate surface area is 195 Å². The zero-order valence-electron chi connectivity index (χ0n) is 18.6. The van der Waals surface area contributed by atoms with Gasteiger partial charge in [-0.2, -0.15) is 13.2 Å². The number of nitrogens with zero attached hydrogens (tertiary/aromatic N) is 3. The number of piperazine rings is 1. The molecule has 1 atom stereocenters. The molecule has 2 saturated heterocycles. The van der Waals surface area contributed by atoms with Gasteiger partial charge in [-0.25, -0.2) is 4.79 Å². The second-order valence-electron chi connectivity index (χ2n) is 8.33. The van der Waals surface area contributed by atoms with Gasteiger partial charge in [-0.1, -0.05) is 12.1 Å². The number of guanidine groups is 1. The summed E-state index contributed by atoms with van der Waals surface area (Å²) in [6.45, 7) is 3.35. The summed E-state index contributed by atoms with van der Waals surface area (Å²) in [5, 5.41) is 12.5. The van der Waals surface area contributed by atoms with Gasteiger partial charge in [0, 0.05) is 44.2 Å². The Morgan fingerprint density at radius 2 is 1.88 bits per heavy atom. The van der Waals surface area contributed by atoms with E-state index in [0.717, 1.165) is 25.5 Å². The van der Waals surface area contributed by atoms with Crippen LogP contribution in [0.15, 0.2) is 53.5 Å². The molecular weight excluding hydrogens is 449 g/mol. The highest BCUT2D eigenvalue weighted by molar-refractivity contribution is 5.96. The zero-order chi connectivity index (χ0) is 24.1. The van der Waals surface area contributed by atoms with Gasteiger partial charge in [-0.05, 0) is 49.2 Å². The number of anilines is 2. The Morgan fingerprint density at radius 3 is 2.56 bits per heavy atom. The molecule has 0 saturated carbocycles. The molecule has 2 aliphatic heterocycles. The molecule has 2 heterocycles. The largest absolute Gasteiger partial charge is 0.478 e. The van der Waals surface area contributed by atoms with Crippen molar-refractivity contribution < 1.29 is 27.8 Å². The van der Waals surface area contributed by atoms with E-state index in [4.69, 9.17) is 9.73 Å². The Morgan fingerprint density at radius 1 is 1.12 bits per heavy atom. The molecule has 4 rings (SSSR count). The normalized spacial score (nSPS) is 19.4. The van der Waals surface area contributed by atoms with Gasteiger partial charge < -0.3 is 25.0 Å². The maximum atomic E-state index is 13.1. The quantitative estimate of drug-likeness (QED) is 0.498. The molecule has 2 aromatic carbocycles. The highest BCUT2D eigenvalue weighted by atomic mass is 19.4. The summed E-state index contributed by atoms with van der Waals surface area (Å²) in [6, 6.07) is 11.9. The van der Waals surface area contributed by atoms with Gasteiger partial charge in [0.05, 0.1) is 23.8 Å². The first-order chi connectivity index (χ1) is 16.3. The van der Waals surface area contributed by atoms with Crippen LogP contribution in [-0.2, 0) is 10.9 Å². The SMILES string of the molecule is O=C(O)c1cccc(NC(=NC[C@H]2CCCO2)N2CCN(c3cccc(C(F)(F)F)c3)CC2)c1. The molecule has 182 valence electrons. The van der Waals surface area contributed by atoms with Crippen molar-refractivity contribution in [2.24, 2.45) is 4.99 Å². The van der Waals surface area contributed by atoms with E-state index in [1.807, 2.05) is 9.80 Å². The van der Waals surface area contributed by atoms with Gasteiger partial charge in [0.1, 0.15) is 0 Å². The molecule has 0 bridgehead atoms. The van der Waals surface area contributed by atoms with Crippen molar-refractivity contribution in [3.05, 3.63) is 59.7 Å². The Bertz CT molecular complexity index is 1030. The summed E-state index contributed by atoms with van der Waals surface area (Å²) >= 11 is 0. The summed E-state index contributed by atoms with van der Waals surface area (Å²) in [6.07, 6.45) is -2.39. The number of hydrogen-bond donors (Lipinski definition) is 2. The molecular formula is C24H27F3N4O3. The predicted molar refractivity (Wildman–Crippen MR) is 124 cm³/mol. The van der Waals surface area contributed by atoms with Crippen LogP contribution in [0.2, 0.25) is 0 Å². The summed E-state index contributed by atoms with van der Waals surface area (Å²) < 4.78 is 45.0. The standard InChI is InChI=1S/C24H27F3N4O3/c25-24(26,27)18-5-2-7-20(15-18)30-9-11-31(12-10-30)23(28-16-21-8-3-13-34-21)29-19-6-1-4-17(14-19)22(32)33/h1-2,4-7,14-15,21H,3,8-13,16H2,(H,28,29)(H,32,33)/t21-/m1/s1. The molecule has 0 radical (unpaired) electrons. The lowest BCUT2D eigenvalue weighted by Crippen LogP contribution is -2.51. The monoisotopic (exact) mass is 476 g/mol. The number of aromatic carboxylic acids is 1. The highest BCUT2D eigenvalue weighted by Crippen LogP contribution is 2.32. The highest BCUT2D eigenvalue weighted by Gasteiger charge is 2.31. The lowest BCUT2D eigenvalue weighted by atomic mass is 10.1. The first-order valence-corrected chi connectivity index (χ1v) is 11.2. The van der Waals surface area contributed by atoms with Crippen molar-refractivity contribution in [1.82, 2.24) is 4.90 Å². The average molecular weight is 476 g/mol. The van der Waals surface area contributed by atoms with Crippen molar-refractivity contribution >= 4 is 23.3 Å². The molecule has 2 aliphatic rings. The van der Waals surface area contributed by atoms with Crippen molar-refractivity contribution in [2.45, 2.75) is 25.1 Å². The molecule has 0 aromatic heterocycles. The summed E-state index contributed by atoms with van der Waals surface area (Å²) in [7, 11) is 0. The lowest BCUT2D eigenvalue weighted by molar-refractivity contribution is -0.137. The van der Waals surface area contributed by atoms with E-state index in [2.05, 4.69) is 5.32 Å². The van der Waals surface area contributed by atoms with Crippen molar-refractivity contribution in [3.8, 4) is 0 Å². The molecule has 2 N–H and O–H groups in total. The number of hydrogen-bond acceptors (Lipinski definition) is 4. The number of ether oxygens (including phenoxy) is 1. The minimum atomic E-state index is -4.38. The van der Waals surface area contributed by atoms with E-state index >= 15 is 0 Å². The smallest absolute Gasteiger partial charge is 0.416 e. The Balaban J connectivity index is 1.47. The minimum absolute atomic E-state index is 0.0496. The van der Waals surface area contributed by atoms with Gasteiger partial charge in [0.2, 0.25) is 0 Å². The number of rotatable bonds is 5. The first kappa shape index (κ1) is 23.9. The number of aliphatic imine (C=N–C) groups is 1. The lowest BCUT2D eigenvalue weighted by Gasteiger charge is -2.38. The van der Waals surface area contributed by atoms with Crippen LogP contribution in [0.4, 0.5) is 24.5 Å². The van der Waals surface area contributed by atoms with Crippen LogP contribution in [0.5, 0.6) is 0 Å². The van der Waals surface area contributed by atoms with E-state index in [0.29, 0.717) is 50.1 Å². The van der Waals surface area contributed by atoms with Gasteiger partial charge in [0.15, 0.2) is 5.96 Å². The van der Waals surface area contributed by atoms with Crippen LogP contribution in [0, 0.1) is 0 Å². The molecule has 34 heavy (non-hydrogen) atoms. The van der Waals surface area contributed by atoms with Crippen LogP contribution >= 0.6 is 0 Å². The predicted octanol–water partition coefficient (Wildman–Crippen LogP) is 4.17. The van der Waals surface area contributed by atoms with E-state index < -0.39 is 17.7 Å². The van der Waals surface area contributed by atoms with E-state index in [1.165, 1.54) is 18.2 Å². The maximum Gasteiger partial charge on any atom is 0.416 e. The van der Waals surface area contributed by atoms with E-state index in [1.54, 1.807) is 24.3 Å². The number of carboxylic acid groups (broad SMARTS) is 1. The number of nitrogens with one attached hydrogen (secondary N) is 1. The second kappa shape index (κ2) is 10.3. The molecule has 10 heteroatoms. The van der Waals surface area contributed by atoms with Crippen LogP contribution in [0.3, 0.4) is 0 Å². The molecule has 0 unspecified atom stereocenters. The van der Waals surface area contributed by atoms with Gasteiger partial charge in [-0.15, -0.1) is 0 Å². The summed E-state index contributed by atoms with van der Waals surface area (Å²) in [5.74, 6) is -0.419. The number of alkyl halides is 3. The number of carbonyl (C=O) groups is 1. The third-order valence-corrected chi connectivity index (χ3v) is 5.95. The van der Waals surface area contributed by atoms with Crippen LogP contribution < -0.4 is 10.2 Å². The molecule has 0 amide bonds. The molecule has 2 fully saturated rings. The van der Waals surface area contributed by atoms with Crippen LogP contribution in [0.25, 0.3) is 0 Å². The first-order valence-electron chi connectivity index (χ1n) is 11.2. The Kier molecular flexibility index (Phi) is 7.26. The third kappa shape index (κ3) is 5.99. The zero-order valence-corrected chi connectivity index (χ0v) is 18.6. The van der Waals surface area contributed by atoms with E-state index in [-0.39, 0.29) is 11.7 Å². The topological polar surface area (TPSA) is 77.4 Å². The van der Waals surface area contributed by atoms with Crippen LogP contribution in [0.1, 0.15) is 28.8 Å². The molecule has 2 aromatic rings. The van der Waals surface area contributed by atoms with Crippen molar-refractivity contribution in [1.29, 1.82) is 0 Å². The third-order valence-electron chi connectivity index (χ3n) is 5.95. The van der Waals surface area contributed by atoms with Gasteiger partial charge >= 0.3 is 12.1 Å². The van der Waals surface area contributed by atoms with Crippen molar-refractivity contribution in [2.75, 3.05) is 49.5 Å². The fraction of sp³-hybridized carbons (Fsp3) is 0.417. The maximum absolute atomic E-state index is 13.1. The average Bonchev–Trinajstić information content (AvgIpc) is 3.35. The second-order valence-corrected chi connectivity index (χ2v) is 8.33. The minimum Gasteiger partial charge on any atom is -0.478 e. The molecule has 7 nitrogen and oxygen atoms in total. The van der Waals surface area contributed by atoms with Gasteiger partial charge in [-0.3, -0.25) is 4.99 Å². The number of carboxylic acids is 1. The molecule has 0 spiro atoms. The Hall–Kier alpha value is -3.27. The van der Waals surface area contributed by atoms with Crippen LogP contribution in [-0.4, -0.2) is 67.4 Å². The summed E-state index contributed by atoms with van der Waals surface area (Å²) in [4.78, 5) is 20.0. The number of benzene rings is 2. The number of halogens is 3. The molecule has 0 aliphatic carbocycles. The van der Waals surface area contributed by atoms with Gasteiger partial charge in [0.25, 0.3) is 0 Å². The fourth-order valence-electron chi connectivity index (χ4n) is 4.11. The fourth-order valence-corrected chi connectivity index (χ4v) is 4.11. The summed E-state index contributed by atoms with van der Waals surface area (Å²) in [5.41, 5.74) is 0.643. The van der Waals surface area contributed by atoms with E-state index in [9.17, 15) is 23.1 Å². The van der Waals surface area contributed by atoms with Crippen molar-refractivity contribution in [3.63, 3.8) is 0 Å².